The summed E-state index contributed by atoms with van der Waals surface area (Å²) in [6.07, 6.45) is 1.18. The predicted molar refractivity (Wildman–Crippen MR) is 53.9 cm³/mol. The molecule has 0 amide bonds. The number of hydrogen-bond donors (Lipinski definition) is 1. The van der Waals surface area contributed by atoms with Crippen molar-refractivity contribution in [2.24, 2.45) is 0 Å². The highest BCUT2D eigenvalue weighted by Gasteiger charge is 2.21. The third-order valence-electron chi connectivity index (χ3n) is 2.90. The van der Waals surface area contributed by atoms with Crippen LogP contribution >= 0.6 is 0 Å². The van der Waals surface area contributed by atoms with E-state index in [9.17, 15) is 9.50 Å². The summed E-state index contributed by atoms with van der Waals surface area (Å²) in [5.74, 6) is 0.384. The number of aliphatic hydroxyl groups is 1. The number of benzene rings is 1. The molecule has 0 aliphatic carbocycles. The number of aromatic nitrogens is 2. The van der Waals surface area contributed by atoms with Gasteiger partial charge in [0.15, 0.2) is 0 Å². The van der Waals surface area contributed by atoms with Crippen LogP contribution in [0.5, 0.6) is 0 Å². The number of aryl methyl sites for hydroxylation is 1. The molecule has 1 aliphatic rings. The molecule has 0 saturated carbocycles. The van der Waals surface area contributed by atoms with E-state index in [0.717, 1.165) is 24.9 Å². The zero-order valence-electron chi connectivity index (χ0n) is 8.15. The molecule has 2 aromatic rings. The summed E-state index contributed by atoms with van der Waals surface area (Å²) in [6.45, 7) is 0.856. The lowest BCUT2D eigenvalue weighted by molar-refractivity contribution is 0.135. The van der Waals surface area contributed by atoms with Gasteiger partial charge in [0.25, 0.3) is 0 Å². The van der Waals surface area contributed by atoms with E-state index in [1.807, 2.05) is 4.57 Å². The highest BCUT2D eigenvalue weighted by Crippen LogP contribution is 2.28. The van der Waals surface area contributed by atoms with Gasteiger partial charge in [0.2, 0.25) is 0 Å². The first-order chi connectivity index (χ1) is 7.25. The van der Waals surface area contributed by atoms with Gasteiger partial charge in [0.05, 0.1) is 11.0 Å². The minimum Gasteiger partial charge on any atom is -0.385 e. The second-order valence-corrected chi connectivity index (χ2v) is 3.91. The Bertz CT molecular complexity index is 521. The summed E-state index contributed by atoms with van der Waals surface area (Å²) in [5.41, 5.74) is 1.54. The molecule has 1 unspecified atom stereocenters. The number of hydrogen-bond acceptors (Lipinski definition) is 2. The number of fused-ring (bicyclic) bond motifs is 3. The Labute approximate surface area is 86.2 Å². The van der Waals surface area contributed by atoms with E-state index in [1.54, 1.807) is 6.07 Å². The van der Waals surface area contributed by atoms with E-state index in [2.05, 4.69) is 4.98 Å². The first-order valence-electron chi connectivity index (χ1n) is 5.09. The van der Waals surface area contributed by atoms with Crippen LogP contribution in [0.4, 0.5) is 4.39 Å². The Balaban J connectivity index is 2.30. The summed E-state index contributed by atoms with van der Waals surface area (Å²) in [6, 6.07) is 4.56. The van der Waals surface area contributed by atoms with Crippen molar-refractivity contribution in [3.05, 3.63) is 29.8 Å². The minimum absolute atomic E-state index is 0.285. The van der Waals surface area contributed by atoms with Crippen molar-refractivity contribution < 1.29 is 9.50 Å². The van der Waals surface area contributed by atoms with Crippen molar-refractivity contribution in [2.75, 3.05) is 0 Å². The van der Waals surface area contributed by atoms with Crippen molar-refractivity contribution in [1.29, 1.82) is 0 Å². The molecule has 0 saturated heterocycles. The quantitative estimate of drug-likeness (QED) is 0.716. The Morgan fingerprint density at radius 2 is 2.33 bits per heavy atom. The maximum absolute atomic E-state index is 13.0. The molecule has 1 aromatic heterocycles. The van der Waals surface area contributed by atoms with E-state index in [4.69, 9.17) is 0 Å². The van der Waals surface area contributed by atoms with Gasteiger partial charge in [-0.15, -0.1) is 0 Å². The molecule has 0 radical (unpaired) electrons. The fourth-order valence-electron chi connectivity index (χ4n) is 2.18. The number of imidazole rings is 1. The normalized spacial score (nSPS) is 20.5. The van der Waals surface area contributed by atoms with Crippen LogP contribution in [-0.2, 0) is 6.54 Å². The van der Waals surface area contributed by atoms with Crippen molar-refractivity contribution >= 4 is 11.0 Å². The van der Waals surface area contributed by atoms with Crippen LogP contribution in [0.3, 0.4) is 0 Å². The van der Waals surface area contributed by atoms with Gasteiger partial charge >= 0.3 is 0 Å². The monoisotopic (exact) mass is 206 g/mol. The fraction of sp³-hybridized carbons (Fsp3) is 0.364. The molecule has 0 bridgehead atoms. The maximum atomic E-state index is 13.0. The molecule has 2 heterocycles. The van der Waals surface area contributed by atoms with Gasteiger partial charge in [-0.1, -0.05) is 0 Å². The van der Waals surface area contributed by atoms with Crippen LogP contribution in [0.15, 0.2) is 18.2 Å². The highest BCUT2D eigenvalue weighted by molar-refractivity contribution is 5.76. The first kappa shape index (κ1) is 8.85. The van der Waals surface area contributed by atoms with E-state index in [0.29, 0.717) is 11.3 Å². The number of halogens is 1. The van der Waals surface area contributed by atoms with Gasteiger partial charge in [-0.25, -0.2) is 9.37 Å². The largest absolute Gasteiger partial charge is 0.385 e. The van der Waals surface area contributed by atoms with Crippen LogP contribution in [0.1, 0.15) is 24.8 Å². The first-order valence-corrected chi connectivity index (χ1v) is 5.09. The van der Waals surface area contributed by atoms with Gasteiger partial charge in [0, 0.05) is 12.6 Å². The summed E-state index contributed by atoms with van der Waals surface area (Å²) in [5, 5.41) is 9.75. The summed E-state index contributed by atoms with van der Waals surface area (Å²) < 4.78 is 15.0. The van der Waals surface area contributed by atoms with Crippen molar-refractivity contribution in [3.63, 3.8) is 0 Å². The Morgan fingerprint density at radius 3 is 3.20 bits per heavy atom. The van der Waals surface area contributed by atoms with Gasteiger partial charge in [-0.05, 0) is 25.0 Å². The molecule has 0 fully saturated rings. The number of rotatable bonds is 0. The smallest absolute Gasteiger partial charge is 0.138 e. The molecule has 3 rings (SSSR count). The molecular formula is C11H11FN2O. The van der Waals surface area contributed by atoms with Crippen LogP contribution in [0.25, 0.3) is 11.0 Å². The Morgan fingerprint density at radius 1 is 1.47 bits per heavy atom. The van der Waals surface area contributed by atoms with Gasteiger partial charge in [0.1, 0.15) is 17.7 Å². The van der Waals surface area contributed by atoms with Crippen LogP contribution in [0, 0.1) is 5.82 Å². The van der Waals surface area contributed by atoms with Crippen LogP contribution < -0.4 is 0 Å². The van der Waals surface area contributed by atoms with Crippen LogP contribution in [-0.4, -0.2) is 14.7 Å². The zero-order valence-corrected chi connectivity index (χ0v) is 8.15. The summed E-state index contributed by atoms with van der Waals surface area (Å²) in [4.78, 5) is 4.27. The molecule has 1 aromatic carbocycles. The van der Waals surface area contributed by atoms with E-state index >= 15 is 0 Å². The molecule has 1 aliphatic heterocycles. The average Bonchev–Trinajstić information content (AvgIpc) is 2.57. The number of aliphatic hydroxyl groups excluding tert-OH is 1. The lowest BCUT2D eigenvalue weighted by Crippen LogP contribution is -2.15. The van der Waals surface area contributed by atoms with Gasteiger partial charge in [-0.2, -0.15) is 0 Å². The zero-order chi connectivity index (χ0) is 10.4. The van der Waals surface area contributed by atoms with E-state index in [-0.39, 0.29) is 5.82 Å². The standard InChI is InChI=1S/C11H11FN2O/c12-7-3-4-9-8(6-7)13-11-10(15)2-1-5-14(9)11/h3-4,6,10,15H,1-2,5H2. The third kappa shape index (κ3) is 1.25. The van der Waals surface area contributed by atoms with Gasteiger partial charge < -0.3 is 9.67 Å². The molecule has 1 atom stereocenters. The van der Waals surface area contributed by atoms with Crippen molar-refractivity contribution in [2.45, 2.75) is 25.5 Å². The topological polar surface area (TPSA) is 38.0 Å². The van der Waals surface area contributed by atoms with Gasteiger partial charge in [-0.3, -0.25) is 0 Å². The van der Waals surface area contributed by atoms with Crippen LogP contribution in [0.2, 0.25) is 0 Å². The third-order valence-corrected chi connectivity index (χ3v) is 2.90. The minimum atomic E-state index is -0.505. The molecule has 1 N–H and O–H groups in total. The molecule has 15 heavy (non-hydrogen) atoms. The lowest BCUT2D eigenvalue weighted by Gasteiger charge is -2.19. The molecule has 3 nitrogen and oxygen atoms in total. The maximum Gasteiger partial charge on any atom is 0.138 e. The Hall–Kier alpha value is -1.42. The number of nitrogens with zero attached hydrogens (tertiary/aromatic N) is 2. The highest BCUT2D eigenvalue weighted by atomic mass is 19.1. The lowest BCUT2D eigenvalue weighted by atomic mass is 10.1. The summed E-state index contributed by atoms with van der Waals surface area (Å²) in [7, 11) is 0. The van der Waals surface area contributed by atoms with E-state index in [1.165, 1.54) is 12.1 Å². The second kappa shape index (κ2) is 3.03. The summed E-state index contributed by atoms with van der Waals surface area (Å²) >= 11 is 0. The second-order valence-electron chi connectivity index (χ2n) is 3.91. The molecule has 4 heteroatoms. The van der Waals surface area contributed by atoms with E-state index < -0.39 is 6.10 Å². The molecule has 0 spiro atoms. The fourth-order valence-corrected chi connectivity index (χ4v) is 2.18. The van der Waals surface area contributed by atoms with Crippen molar-refractivity contribution in [3.8, 4) is 0 Å². The van der Waals surface area contributed by atoms with Crippen molar-refractivity contribution in [1.82, 2.24) is 9.55 Å². The Kier molecular flexibility index (Phi) is 1.79. The molecular weight excluding hydrogens is 195 g/mol. The molecule has 78 valence electrons. The predicted octanol–water partition coefficient (Wildman–Crippen LogP) is 2.00. The SMILES string of the molecule is OC1CCCn2c1nc1cc(F)ccc12. The average molecular weight is 206 g/mol.